The van der Waals surface area contributed by atoms with Crippen LogP contribution in [0.25, 0.3) is 0 Å². The molecule has 2 aromatic rings. The number of amides is 1. The molecule has 2 aliphatic rings. The van der Waals surface area contributed by atoms with Gasteiger partial charge in [0.25, 0.3) is 0 Å². The van der Waals surface area contributed by atoms with Crippen molar-refractivity contribution >= 4 is 23.8 Å². The van der Waals surface area contributed by atoms with E-state index >= 15 is 0 Å². The summed E-state index contributed by atoms with van der Waals surface area (Å²) in [6, 6.07) is 10.1. The predicted octanol–water partition coefficient (Wildman–Crippen LogP) is 1.17. The Labute approximate surface area is 152 Å². The summed E-state index contributed by atoms with van der Waals surface area (Å²) in [4.78, 5) is 26.7. The van der Waals surface area contributed by atoms with E-state index in [1.807, 2.05) is 30.3 Å². The molecular formula is C18H23N7O. The Kier molecular flexibility index (Phi) is 4.32. The van der Waals surface area contributed by atoms with E-state index in [1.165, 1.54) is 0 Å². The monoisotopic (exact) mass is 353 g/mol. The number of nitrogens with one attached hydrogen (secondary N) is 2. The standard InChI is InChI=1S/C18H23N7O/c19-15-22-16(20-11-13-4-2-1-3-5-13)24-17(23-15)25-8-6-18(7-9-25)10-14(26)21-12-18/h1-5H,6-12H2,(H,21,26)(H3,19,20,22,23,24). The minimum absolute atomic E-state index is 0.0978. The largest absolute Gasteiger partial charge is 0.368 e. The molecule has 136 valence electrons. The number of nitrogens with two attached hydrogens (primary N) is 1. The average molecular weight is 353 g/mol. The Balaban J connectivity index is 1.42. The summed E-state index contributed by atoms with van der Waals surface area (Å²) < 4.78 is 0. The molecule has 4 rings (SSSR count). The van der Waals surface area contributed by atoms with Gasteiger partial charge in [-0.3, -0.25) is 4.79 Å². The lowest BCUT2D eigenvalue weighted by molar-refractivity contribution is -0.119. The summed E-state index contributed by atoms with van der Waals surface area (Å²) in [6.45, 7) is 3.04. The van der Waals surface area contributed by atoms with Crippen LogP contribution in [0.1, 0.15) is 24.8 Å². The molecule has 1 amide bonds. The van der Waals surface area contributed by atoms with Crippen molar-refractivity contribution in [2.75, 3.05) is 35.6 Å². The average Bonchev–Trinajstić information content (AvgIpc) is 3.01. The number of aromatic nitrogens is 3. The van der Waals surface area contributed by atoms with Crippen LogP contribution >= 0.6 is 0 Å². The zero-order valence-electron chi connectivity index (χ0n) is 14.6. The first-order valence-corrected chi connectivity index (χ1v) is 8.93. The highest BCUT2D eigenvalue weighted by Gasteiger charge is 2.41. The molecular weight excluding hydrogens is 330 g/mol. The first-order valence-electron chi connectivity index (χ1n) is 8.93. The van der Waals surface area contributed by atoms with E-state index in [9.17, 15) is 4.79 Å². The molecule has 2 fully saturated rings. The molecule has 0 aliphatic carbocycles. The van der Waals surface area contributed by atoms with Crippen LogP contribution in [0.3, 0.4) is 0 Å². The number of hydrogen-bond donors (Lipinski definition) is 3. The van der Waals surface area contributed by atoms with Crippen LogP contribution in [0.4, 0.5) is 17.8 Å². The SMILES string of the molecule is Nc1nc(NCc2ccccc2)nc(N2CCC3(CC2)CNC(=O)C3)n1. The van der Waals surface area contributed by atoms with Crippen molar-refractivity contribution in [3.05, 3.63) is 35.9 Å². The van der Waals surface area contributed by atoms with Gasteiger partial charge in [0.15, 0.2) is 0 Å². The van der Waals surface area contributed by atoms with Gasteiger partial charge < -0.3 is 21.3 Å². The van der Waals surface area contributed by atoms with Gasteiger partial charge in [-0.05, 0) is 23.8 Å². The number of anilines is 3. The number of rotatable bonds is 4. The van der Waals surface area contributed by atoms with Gasteiger partial charge in [-0.2, -0.15) is 15.0 Å². The second-order valence-corrected chi connectivity index (χ2v) is 7.10. The zero-order chi connectivity index (χ0) is 18.0. The third-order valence-corrected chi connectivity index (χ3v) is 5.24. The molecule has 0 saturated carbocycles. The number of carbonyl (C=O) groups excluding carboxylic acids is 1. The number of hydrogen-bond acceptors (Lipinski definition) is 7. The second-order valence-electron chi connectivity index (χ2n) is 7.10. The molecule has 4 N–H and O–H groups in total. The molecule has 0 atom stereocenters. The van der Waals surface area contributed by atoms with E-state index in [1.54, 1.807) is 0 Å². The molecule has 2 aliphatic heterocycles. The maximum atomic E-state index is 11.6. The molecule has 2 saturated heterocycles. The van der Waals surface area contributed by atoms with Crippen molar-refractivity contribution in [3.63, 3.8) is 0 Å². The van der Waals surface area contributed by atoms with Crippen LogP contribution < -0.4 is 21.3 Å². The van der Waals surface area contributed by atoms with Gasteiger partial charge in [-0.25, -0.2) is 0 Å². The van der Waals surface area contributed by atoms with Crippen LogP contribution in [0.5, 0.6) is 0 Å². The summed E-state index contributed by atoms with van der Waals surface area (Å²) in [7, 11) is 0. The molecule has 3 heterocycles. The van der Waals surface area contributed by atoms with Crippen LogP contribution in [0.2, 0.25) is 0 Å². The van der Waals surface area contributed by atoms with Gasteiger partial charge in [0.1, 0.15) is 0 Å². The van der Waals surface area contributed by atoms with E-state index in [4.69, 9.17) is 5.73 Å². The second kappa shape index (κ2) is 6.78. The first kappa shape index (κ1) is 16.6. The van der Waals surface area contributed by atoms with Crippen molar-refractivity contribution in [2.45, 2.75) is 25.8 Å². The Morgan fingerprint density at radius 3 is 2.62 bits per heavy atom. The number of benzene rings is 1. The van der Waals surface area contributed by atoms with E-state index in [-0.39, 0.29) is 17.3 Å². The lowest BCUT2D eigenvalue weighted by Crippen LogP contribution is -2.42. The molecule has 1 aromatic carbocycles. The molecule has 26 heavy (non-hydrogen) atoms. The smallest absolute Gasteiger partial charge is 0.231 e. The molecule has 0 bridgehead atoms. The van der Waals surface area contributed by atoms with Gasteiger partial charge in [0.05, 0.1) is 0 Å². The highest BCUT2D eigenvalue weighted by Crippen LogP contribution is 2.38. The van der Waals surface area contributed by atoms with Crippen molar-refractivity contribution in [3.8, 4) is 0 Å². The Morgan fingerprint density at radius 2 is 1.92 bits per heavy atom. The highest BCUT2D eigenvalue weighted by molar-refractivity contribution is 5.79. The molecule has 0 radical (unpaired) electrons. The Hall–Kier alpha value is -2.90. The summed E-state index contributed by atoms with van der Waals surface area (Å²) in [6.07, 6.45) is 2.53. The fourth-order valence-electron chi connectivity index (χ4n) is 3.66. The lowest BCUT2D eigenvalue weighted by Gasteiger charge is -2.38. The van der Waals surface area contributed by atoms with Gasteiger partial charge in [0.2, 0.25) is 23.8 Å². The number of piperidine rings is 1. The van der Waals surface area contributed by atoms with E-state index in [0.29, 0.717) is 24.9 Å². The van der Waals surface area contributed by atoms with Crippen LogP contribution in [0, 0.1) is 5.41 Å². The number of carbonyl (C=O) groups is 1. The number of nitrogens with zero attached hydrogens (tertiary/aromatic N) is 4. The lowest BCUT2D eigenvalue weighted by atomic mass is 9.78. The maximum Gasteiger partial charge on any atom is 0.231 e. The quantitative estimate of drug-likeness (QED) is 0.757. The third-order valence-electron chi connectivity index (χ3n) is 5.24. The van der Waals surface area contributed by atoms with Crippen molar-refractivity contribution in [1.82, 2.24) is 20.3 Å². The Bertz CT molecular complexity index is 787. The highest BCUT2D eigenvalue weighted by atomic mass is 16.1. The maximum absolute atomic E-state index is 11.6. The van der Waals surface area contributed by atoms with Crippen LogP contribution in [-0.2, 0) is 11.3 Å². The Morgan fingerprint density at radius 1 is 1.15 bits per heavy atom. The van der Waals surface area contributed by atoms with Gasteiger partial charge in [-0.15, -0.1) is 0 Å². The minimum Gasteiger partial charge on any atom is -0.368 e. The van der Waals surface area contributed by atoms with Crippen molar-refractivity contribution in [1.29, 1.82) is 0 Å². The normalized spacial score (nSPS) is 18.8. The van der Waals surface area contributed by atoms with Crippen molar-refractivity contribution < 1.29 is 4.79 Å². The van der Waals surface area contributed by atoms with E-state index in [0.717, 1.165) is 38.0 Å². The van der Waals surface area contributed by atoms with E-state index < -0.39 is 0 Å². The van der Waals surface area contributed by atoms with Gasteiger partial charge in [-0.1, -0.05) is 30.3 Å². The van der Waals surface area contributed by atoms with Crippen LogP contribution in [-0.4, -0.2) is 40.5 Å². The summed E-state index contributed by atoms with van der Waals surface area (Å²) in [5, 5.41) is 6.17. The topological polar surface area (TPSA) is 109 Å². The summed E-state index contributed by atoms with van der Waals surface area (Å²) >= 11 is 0. The minimum atomic E-state index is 0.0978. The fourth-order valence-corrected chi connectivity index (χ4v) is 3.66. The molecule has 1 aromatic heterocycles. The molecule has 0 unspecified atom stereocenters. The molecule has 8 heteroatoms. The number of nitrogen functional groups attached to an aromatic ring is 1. The van der Waals surface area contributed by atoms with Gasteiger partial charge >= 0.3 is 0 Å². The molecule has 8 nitrogen and oxygen atoms in total. The fraction of sp³-hybridized carbons (Fsp3) is 0.444. The van der Waals surface area contributed by atoms with E-state index in [2.05, 4.69) is 30.5 Å². The van der Waals surface area contributed by atoms with Crippen molar-refractivity contribution in [2.24, 2.45) is 5.41 Å². The summed E-state index contributed by atoms with van der Waals surface area (Å²) in [5.41, 5.74) is 7.13. The molecule has 1 spiro atoms. The van der Waals surface area contributed by atoms with Gasteiger partial charge in [0, 0.05) is 32.6 Å². The predicted molar refractivity (Wildman–Crippen MR) is 99.5 cm³/mol. The third kappa shape index (κ3) is 3.54. The van der Waals surface area contributed by atoms with Crippen LogP contribution in [0.15, 0.2) is 30.3 Å². The summed E-state index contributed by atoms with van der Waals surface area (Å²) in [5.74, 6) is 1.45. The first-order chi connectivity index (χ1) is 12.6. The zero-order valence-corrected chi connectivity index (χ0v) is 14.6.